The molecule has 1 amide bonds. The van der Waals surface area contributed by atoms with Crippen LogP contribution in [0.3, 0.4) is 0 Å². The summed E-state index contributed by atoms with van der Waals surface area (Å²) in [6.45, 7) is 3.79. The van der Waals surface area contributed by atoms with E-state index in [1.54, 1.807) is 18.5 Å². The lowest BCUT2D eigenvalue weighted by Gasteiger charge is -2.33. The number of hydrogen-bond donors (Lipinski definition) is 1. The molecule has 1 fully saturated rings. The summed E-state index contributed by atoms with van der Waals surface area (Å²) >= 11 is 1.36. The largest absolute Gasteiger partial charge is 0.354 e. The molecule has 6 heteroatoms. The average Bonchev–Trinajstić information content (AvgIpc) is 2.68. The van der Waals surface area contributed by atoms with Gasteiger partial charge >= 0.3 is 0 Å². The van der Waals surface area contributed by atoms with Crippen LogP contribution in [-0.4, -0.2) is 52.7 Å². The minimum Gasteiger partial charge on any atom is -0.354 e. The van der Waals surface area contributed by atoms with Gasteiger partial charge in [0.25, 0.3) is 0 Å². The Labute approximate surface area is 153 Å². The van der Waals surface area contributed by atoms with Gasteiger partial charge in [0.1, 0.15) is 0 Å². The Hall–Kier alpha value is -1.92. The second-order valence-corrected chi connectivity index (χ2v) is 7.16. The Morgan fingerprint density at radius 3 is 2.80 bits per heavy atom. The fourth-order valence-corrected chi connectivity index (χ4v) is 3.78. The number of rotatable bonds is 7. The van der Waals surface area contributed by atoms with E-state index >= 15 is 0 Å². The zero-order chi connectivity index (χ0) is 17.3. The van der Waals surface area contributed by atoms with Crippen LogP contribution in [0.1, 0.15) is 24.3 Å². The van der Waals surface area contributed by atoms with E-state index in [9.17, 15) is 4.79 Å². The Morgan fingerprint density at radius 2 is 2.00 bits per heavy atom. The molecule has 1 saturated heterocycles. The van der Waals surface area contributed by atoms with Gasteiger partial charge in [0.2, 0.25) is 5.91 Å². The molecule has 5 nitrogen and oxygen atoms in total. The van der Waals surface area contributed by atoms with E-state index in [0.29, 0.717) is 23.4 Å². The van der Waals surface area contributed by atoms with E-state index in [0.717, 1.165) is 19.6 Å². The second kappa shape index (κ2) is 9.53. The Kier molecular flexibility index (Phi) is 6.82. The lowest BCUT2D eigenvalue weighted by molar-refractivity contribution is -0.118. The third-order valence-corrected chi connectivity index (χ3v) is 5.28. The molecule has 2 aromatic rings. The number of carbonyl (C=O) groups is 1. The molecule has 3 rings (SSSR count). The molecule has 0 bridgehead atoms. The van der Waals surface area contributed by atoms with Crippen LogP contribution in [-0.2, 0) is 4.79 Å². The number of benzene rings is 1. The van der Waals surface area contributed by atoms with Crippen LogP contribution in [0.2, 0.25) is 0 Å². The molecule has 0 aliphatic carbocycles. The molecular weight excluding hydrogens is 332 g/mol. The molecule has 1 aromatic carbocycles. The van der Waals surface area contributed by atoms with Crippen molar-refractivity contribution in [3.63, 3.8) is 0 Å². The van der Waals surface area contributed by atoms with Crippen molar-refractivity contribution in [3.05, 3.63) is 54.4 Å². The maximum absolute atomic E-state index is 11.9. The normalized spacial score (nSPS) is 18.0. The van der Waals surface area contributed by atoms with Gasteiger partial charge in [-0.1, -0.05) is 42.1 Å². The number of nitrogens with one attached hydrogen (secondary N) is 1. The lowest BCUT2D eigenvalue weighted by atomic mass is 9.91. The van der Waals surface area contributed by atoms with Gasteiger partial charge in [-0.05, 0) is 36.9 Å². The van der Waals surface area contributed by atoms with E-state index in [1.807, 2.05) is 0 Å². The molecule has 0 spiro atoms. The van der Waals surface area contributed by atoms with Crippen molar-refractivity contribution in [2.45, 2.75) is 23.9 Å². The van der Waals surface area contributed by atoms with E-state index < -0.39 is 0 Å². The third-order valence-electron chi connectivity index (χ3n) is 4.40. The molecule has 1 aromatic heterocycles. The molecule has 2 heterocycles. The summed E-state index contributed by atoms with van der Waals surface area (Å²) < 4.78 is 0. The monoisotopic (exact) mass is 356 g/mol. The molecule has 1 atom stereocenters. The summed E-state index contributed by atoms with van der Waals surface area (Å²) in [6, 6.07) is 12.5. The van der Waals surface area contributed by atoms with Crippen LogP contribution in [0, 0.1) is 0 Å². The third kappa shape index (κ3) is 5.83. The fourth-order valence-electron chi connectivity index (χ4n) is 3.15. The summed E-state index contributed by atoms with van der Waals surface area (Å²) in [5, 5.41) is 3.64. The first-order valence-electron chi connectivity index (χ1n) is 8.75. The summed E-state index contributed by atoms with van der Waals surface area (Å²) in [5.41, 5.74) is 1.43. The Balaban J connectivity index is 1.36. The molecule has 1 N–H and O–H groups in total. The summed E-state index contributed by atoms with van der Waals surface area (Å²) in [4.78, 5) is 22.6. The number of hydrogen-bond acceptors (Lipinski definition) is 5. The average molecular weight is 356 g/mol. The van der Waals surface area contributed by atoms with Crippen LogP contribution in [0.4, 0.5) is 0 Å². The highest BCUT2D eigenvalue weighted by molar-refractivity contribution is 7.99. The summed E-state index contributed by atoms with van der Waals surface area (Å²) in [6.07, 6.45) is 5.84. The molecule has 1 aliphatic heterocycles. The summed E-state index contributed by atoms with van der Waals surface area (Å²) in [5.74, 6) is 1.00. The van der Waals surface area contributed by atoms with Crippen LogP contribution in [0.25, 0.3) is 0 Å². The van der Waals surface area contributed by atoms with Gasteiger partial charge in [0.15, 0.2) is 5.16 Å². The quantitative estimate of drug-likeness (QED) is 0.610. The van der Waals surface area contributed by atoms with Crippen molar-refractivity contribution in [1.29, 1.82) is 0 Å². The highest BCUT2D eigenvalue weighted by atomic mass is 32.2. The first-order valence-corrected chi connectivity index (χ1v) is 9.73. The van der Waals surface area contributed by atoms with Crippen LogP contribution in [0.15, 0.2) is 53.9 Å². The number of nitrogens with zero attached hydrogens (tertiary/aromatic N) is 3. The maximum atomic E-state index is 11.9. The number of carbonyl (C=O) groups excluding carboxylic acids is 1. The fraction of sp³-hybridized carbons (Fsp3) is 0.421. The van der Waals surface area contributed by atoms with Gasteiger partial charge in [-0.25, -0.2) is 9.97 Å². The minimum absolute atomic E-state index is 0.0362. The molecule has 0 radical (unpaired) electrons. The predicted molar refractivity (Wildman–Crippen MR) is 101 cm³/mol. The number of thioether (sulfide) groups is 1. The topological polar surface area (TPSA) is 58.1 Å². The van der Waals surface area contributed by atoms with Gasteiger partial charge in [0, 0.05) is 32.0 Å². The van der Waals surface area contributed by atoms with E-state index in [4.69, 9.17) is 0 Å². The number of piperidine rings is 1. The van der Waals surface area contributed by atoms with Crippen LogP contribution >= 0.6 is 11.8 Å². The smallest absolute Gasteiger partial charge is 0.230 e. The van der Waals surface area contributed by atoms with E-state index in [-0.39, 0.29) is 5.91 Å². The Morgan fingerprint density at radius 1 is 1.20 bits per heavy atom. The number of amides is 1. The standard InChI is InChI=1S/C19H24N4OS/c24-18(15-25-19-21-9-5-10-22-19)20-11-13-23-12-4-8-17(14-23)16-6-2-1-3-7-16/h1-3,5-7,9-10,17H,4,8,11-15H2,(H,20,24). The SMILES string of the molecule is O=C(CSc1ncccn1)NCCN1CCCC(c2ccccc2)C1. The Bertz CT molecular complexity index is 653. The van der Waals surface area contributed by atoms with Crippen LogP contribution < -0.4 is 5.32 Å². The highest BCUT2D eigenvalue weighted by Gasteiger charge is 2.20. The van der Waals surface area contributed by atoms with Crippen molar-refractivity contribution < 1.29 is 4.79 Å². The summed E-state index contributed by atoms with van der Waals surface area (Å²) in [7, 11) is 0. The van der Waals surface area contributed by atoms with E-state index in [2.05, 4.69) is 50.5 Å². The van der Waals surface area contributed by atoms with Crippen molar-refractivity contribution in [1.82, 2.24) is 20.2 Å². The first-order chi connectivity index (χ1) is 12.3. The van der Waals surface area contributed by atoms with Crippen molar-refractivity contribution >= 4 is 17.7 Å². The van der Waals surface area contributed by atoms with Gasteiger partial charge in [0.05, 0.1) is 5.75 Å². The molecule has 25 heavy (non-hydrogen) atoms. The highest BCUT2D eigenvalue weighted by Crippen LogP contribution is 2.26. The molecular formula is C19H24N4OS. The first kappa shape index (κ1) is 17.9. The van der Waals surface area contributed by atoms with Gasteiger partial charge in [-0.2, -0.15) is 0 Å². The van der Waals surface area contributed by atoms with Crippen LogP contribution in [0.5, 0.6) is 0 Å². The number of likely N-dealkylation sites (tertiary alicyclic amines) is 1. The zero-order valence-corrected chi connectivity index (χ0v) is 15.1. The van der Waals surface area contributed by atoms with Crippen molar-refractivity contribution in [2.75, 3.05) is 31.9 Å². The molecule has 0 saturated carbocycles. The van der Waals surface area contributed by atoms with Gasteiger partial charge in [-0.3, -0.25) is 4.79 Å². The molecule has 1 aliphatic rings. The van der Waals surface area contributed by atoms with E-state index in [1.165, 1.54) is 30.2 Å². The van der Waals surface area contributed by atoms with Crippen molar-refractivity contribution in [3.8, 4) is 0 Å². The lowest BCUT2D eigenvalue weighted by Crippen LogP contribution is -2.40. The van der Waals surface area contributed by atoms with Gasteiger partial charge in [-0.15, -0.1) is 0 Å². The molecule has 132 valence electrons. The maximum Gasteiger partial charge on any atom is 0.230 e. The second-order valence-electron chi connectivity index (χ2n) is 6.22. The zero-order valence-electron chi connectivity index (χ0n) is 14.3. The predicted octanol–water partition coefficient (Wildman–Crippen LogP) is 2.56. The van der Waals surface area contributed by atoms with Gasteiger partial charge < -0.3 is 10.2 Å². The number of aromatic nitrogens is 2. The van der Waals surface area contributed by atoms with Crippen molar-refractivity contribution in [2.24, 2.45) is 0 Å². The molecule has 1 unspecified atom stereocenters. The minimum atomic E-state index is 0.0362.